The third kappa shape index (κ3) is 4.91. The predicted octanol–water partition coefficient (Wildman–Crippen LogP) is 5.25. The molecule has 8 aliphatic rings. The Bertz CT molecular complexity index is 1470. The first kappa shape index (κ1) is 35.3. The van der Waals surface area contributed by atoms with Crippen LogP contribution in [-0.4, -0.2) is 106 Å². The van der Waals surface area contributed by atoms with Crippen molar-refractivity contribution < 1.29 is 33.9 Å². The normalized spacial score (nSPS) is 49.7. The molecule has 3 saturated heterocycles. The molecule has 284 valence electrons. The Labute approximate surface area is 304 Å². The highest BCUT2D eigenvalue weighted by atomic mass is 16.7. The summed E-state index contributed by atoms with van der Waals surface area (Å²) >= 11 is 0. The standard InChI is InChI=1S/C41H63N3O7/c1-24-19-26(34(37(4,5)46)51-35-42-15-8-16-43-35)49-32-31(24)38(6)13-14-41-23-40(41)12-11-29(50-30-20-44(17-18-48-30)25-21-47-22-25)36(2,3)27(40)9-10-28(41)39(38,7)33(32)45/h8,15-16,24-34,45-46H,9-14,17-23H2,1-7H3/t24-,26?,27+,28?,29?,30+,31?,32?,33+,34+,38-,39-,40-,41+/m1/s1. The molecule has 14 atom stereocenters. The van der Waals surface area contributed by atoms with Crippen molar-refractivity contribution >= 4 is 0 Å². The molecule has 5 unspecified atom stereocenters. The maximum atomic E-state index is 12.7. The molecule has 10 nitrogen and oxygen atoms in total. The van der Waals surface area contributed by atoms with Crippen LogP contribution in [-0.2, 0) is 18.9 Å². The summed E-state index contributed by atoms with van der Waals surface area (Å²) in [7, 11) is 0. The molecule has 51 heavy (non-hydrogen) atoms. The second kappa shape index (κ2) is 11.8. The van der Waals surface area contributed by atoms with Gasteiger partial charge in [-0.2, -0.15) is 0 Å². The van der Waals surface area contributed by atoms with Crippen molar-refractivity contribution in [2.75, 3.05) is 32.9 Å². The van der Waals surface area contributed by atoms with Crippen LogP contribution in [0.5, 0.6) is 6.01 Å². The van der Waals surface area contributed by atoms with E-state index in [2.05, 4.69) is 49.5 Å². The van der Waals surface area contributed by atoms with E-state index in [-0.39, 0.29) is 58.2 Å². The summed E-state index contributed by atoms with van der Waals surface area (Å²) in [5, 5.41) is 24.1. The molecule has 0 amide bonds. The van der Waals surface area contributed by atoms with E-state index in [1.54, 1.807) is 32.3 Å². The maximum Gasteiger partial charge on any atom is 0.316 e. The zero-order chi connectivity index (χ0) is 35.8. The number of hydrogen-bond donors (Lipinski definition) is 2. The van der Waals surface area contributed by atoms with Crippen LogP contribution in [0.2, 0.25) is 0 Å². The number of hydrogen-bond acceptors (Lipinski definition) is 10. The summed E-state index contributed by atoms with van der Waals surface area (Å²) in [6.45, 7) is 20.0. The summed E-state index contributed by atoms with van der Waals surface area (Å²) in [4.78, 5) is 11.1. The molecule has 9 rings (SSSR count). The number of morpholine rings is 1. The SMILES string of the molecule is C[C@@H]1CC([C@H](Oc2ncccn2)C(C)(C)O)OC2C1[C@@]1(C)CC[C@@]34C[C@@]35CCC(O[C@H]3CN(C6COC6)CCO3)C(C)(C)[C@@H]5CCC4[C@]1(C)[C@H]2O. The number of aliphatic hydroxyl groups is 2. The molecule has 1 aromatic rings. The van der Waals surface area contributed by atoms with Crippen molar-refractivity contribution in [3.63, 3.8) is 0 Å². The van der Waals surface area contributed by atoms with Crippen LogP contribution in [0.15, 0.2) is 18.5 Å². The number of rotatable bonds is 7. The fourth-order valence-electron chi connectivity index (χ4n) is 14.6. The van der Waals surface area contributed by atoms with Gasteiger partial charge in [-0.05, 0) is 117 Å². The lowest BCUT2D eigenvalue weighted by Crippen LogP contribution is -2.60. The van der Waals surface area contributed by atoms with Crippen molar-refractivity contribution in [1.29, 1.82) is 0 Å². The zero-order valence-corrected chi connectivity index (χ0v) is 32.1. The van der Waals surface area contributed by atoms with Gasteiger partial charge in [-0.25, -0.2) is 9.97 Å². The summed E-state index contributed by atoms with van der Waals surface area (Å²) in [5.41, 5.74) is -0.825. The van der Waals surface area contributed by atoms with Gasteiger partial charge in [-0.3, -0.25) is 4.90 Å². The van der Waals surface area contributed by atoms with Crippen LogP contribution >= 0.6 is 0 Å². The van der Waals surface area contributed by atoms with Gasteiger partial charge in [0.05, 0.1) is 62.4 Å². The van der Waals surface area contributed by atoms with Crippen LogP contribution in [0.1, 0.15) is 99.8 Å². The topological polar surface area (TPSA) is 116 Å². The van der Waals surface area contributed by atoms with Crippen molar-refractivity contribution in [1.82, 2.24) is 14.9 Å². The molecule has 10 heteroatoms. The van der Waals surface area contributed by atoms with Gasteiger partial charge < -0.3 is 33.9 Å². The summed E-state index contributed by atoms with van der Waals surface area (Å²) in [6.07, 6.45) is 10.5. The van der Waals surface area contributed by atoms with Gasteiger partial charge in [0.1, 0.15) is 0 Å². The first-order valence-corrected chi connectivity index (χ1v) is 20.2. The Morgan fingerprint density at radius 3 is 2.43 bits per heavy atom. The van der Waals surface area contributed by atoms with Crippen LogP contribution in [0.25, 0.3) is 0 Å². The zero-order valence-electron chi connectivity index (χ0n) is 32.1. The highest BCUT2D eigenvalue weighted by molar-refractivity contribution is 5.33. The van der Waals surface area contributed by atoms with E-state index in [9.17, 15) is 10.2 Å². The fourth-order valence-corrected chi connectivity index (χ4v) is 14.6. The molecule has 0 aromatic carbocycles. The van der Waals surface area contributed by atoms with E-state index < -0.39 is 17.8 Å². The van der Waals surface area contributed by atoms with Crippen molar-refractivity contribution in [3.05, 3.63) is 18.5 Å². The minimum atomic E-state index is -1.19. The second-order valence-electron chi connectivity index (χ2n) is 19.9. The van der Waals surface area contributed by atoms with Crippen LogP contribution < -0.4 is 4.74 Å². The number of ether oxygens (including phenoxy) is 5. The summed E-state index contributed by atoms with van der Waals surface area (Å²) < 4.78 is 31.9. The minimum Gasteiger partial charge on any atom is -0.454 e. The first-order chi connectivity index (χ1) is 24.2. The first-order valence-electron chi connectivity index (χ1n) is 20.2. The molecule has 0 radical (unpaired) electrons. The van der Waals surface area contributed by atoms with Gasteiger partial charge >= 0.3 is 6.01 Å². The predicted molar refractivity (Wildman–Crippen MR) is 190 cm³/mol. The quantitative estimate of drug-likeness (QED) is 0.389. The van der Waals surface area contributed by atoms with Gasteiger partial charge in [-0.1, -0.05) is 34.6 Å². The molecule has 2 spiro atoms. The number of aliphatic hydroxyl groups excluding tert-OH is 1. The average Bonchev–Trinajstić information content (AvgIpc) is 3.69. The molecular weight excluding hydrogens is 646 g/mol. The van der Waals surface area contributed by atoms with E-state index >= 15 is 0 Å². The van der Waals surface area contributed by atoms with Crippen molar-refractivity contribution in [2.45, 2.75) is 148 Å². The monoisotopic (exact) mass is 709 g/mol. The Morgan fingerprint density at radius 2 is 1.73 bits per heavy atom. The van der Waals surface area contributed by atoms with E-state index in [1.165, 1.54) is 25.7 Å². The second-order valence-corrected chi connectivity index (χ2v) is 19.9. The Balaban J connectivity index is 0.951. The third-order valence-corrected chi connectivity index (χ3v) is 17.1. The molecule has 5 aliphatic carbocycles. The van der Waals surface area contributed by atoms with Crippen LogP contribution in [0, 0.1) is 50.7 Å². The lowest BCUT2D eigenvalue weighted by atomic mass is 9.41. The lowest BCUT2D eigenvalue weighted by Gasteiger charge is -2.64. The van der Waals surface area contributed by atoms with Gasteiger partial charge in [0.25, 0.3) is 0 Å². The molecular formula is C41H63N3O7. The third-order valence-electron chi connectivity index (χ3n) is 17.1. The fraction of sp³-hybridized carbons (Fsp3) is 0.902. The van der Waals surface area contributed by atoms with Crippen LogP contribution in [0.3, 0.4) is 0 Å². The van der Waals surface area contributed by atoms with Gasteiger partial charge in [0, 0.05) is 24.4 Å². The van der Waals surface area contributed by atoms with Gasteiger partial charge in [0.2, 0.25) is 0 Å². The summed E-state index contributed by atoms with van der Waals surface area (Å²) in [6, 6.07) is 2.50. The van der Waals surface area contributed by atoms with E-state index in [1.807, 2.05) is 0 Å². The molecule has 4 heterocycles. The van der Waals surface area contributed by atoms with Crippen molar-refractivity contribution in [2.24, 2.45) is 50.7 Å². The Morgan fingerprint density at radius 1 is 1.00 bits per heavy atom. The lowest BCUT2D eigenvalue weighted by molar-refractivity contribution is -0.256. The van der Waals surface area contributed by atoms with E-state index in [4.69, 9.17) is 23.7 Å². The molecule has 2 N–H and O–H groups in total. The molecule has 8 fully saturated rings. The van der Waals surface area contributed by atoms with Crippen LogP contribution in [0.4, 0.5) is 0 Å². The molecule has 0 bridgehead atoms. The molecule has 5 saturated carbocycles. The molecule has 3 aliphatic heterocycles. The average molecular weight is 710 g/mol. The van der Waals surface area contributed by atoms with Gasteiger partial charge in [-0.15, -0.1) is 0 Å². The highest BCUT2D eigenvalue weighted by Crippen LogP contribution is 2.89. The highest BCUT2D eigenvalue weighted by Gasteiger charge is 2.84. The Kier molecular flexibility index (Phi) is 8.17. The van der Waals surface area contributed by atoms with E-state index in [0.717, 1.165) is 58.6 Å². The smallest absolute Gasteiger partial charge is 0.316 e. The van der Waals surface area contributed by atoms with Gasteiger partial charge in [0.15, 0.2) is 12.4 Å². The number of aromatic nitrogens is 2. The number of nitrogens with zero attached hydrogens (tertiary/aromatic N) is 3. The number of fused-ring (bicyclic) bond motifs is 4. The largest absolute Gasteiger partial charge is 0.454 e. The minimum absolute atomic E-state index is 0.0346. The van der Waals surface area contributed by atoms with E-state index in [0.29, 0.717) is 29.2 Å². The Hall–Kier alpha value is -1.40. The maximum absolute atomic E-state index is 12.7. The van der Waals surface area contributed by atoms with Crippen molar-refractivity contribution in [3.8, 4) is 6.01 Å². The summed E-state index contributed by atoms with van der Waals surface area (Å²) in [5.74, 6) is 1.62. The molecule has 1 aromatic heterocycles.